The second kappa shape index (κ2) is 8.89. The molecule has 2 aromatic rings. The van der Waals surface area contributed by atoms with Gasteiger partial charge in [-0.3, -0.25) is 9.59 Å². The zero-order chi connectivity index (χ0) is 20.1. The number of nitrogens with one attached hydrogen (secondary N) is 2. The van der Waals surface area contributed by atoms with Gasteiger partial charge in [0.05, 0.1) is 28.5 Å². The molecule has 2 heterocycles. The van der Waals surface area contributed by atoms with Gasteiger partial charge in [0.15, 0.2) is 5.13 Å². The maximum Gasteiger partial charge on any atom is 0.243 e. The number of hydrogen-bond donors (Lipinski definition) is 2. The van der Waals surface area contributed by atoms with E-state index in [-0.39, 0.29) is 22.3 Å². The number of hydrogen-bond acceptors (Lipinski definition) is 7. The van der Waals surface area contributed by atoms with E-state index in [2.05, 4.69) is 21.7 Å². The van der Waals surface area contributed by atoms with E-state index < -0.39 is 17.7 Å². The van der Waals surface area contributed by atoms with Crippen LogP contribution in [0.1, 0.15) is 11.5 Å². The number of rotatable bonds is 5. The van der Waals surface area contributed by atoms with Crippen LogP contribution in [0.2, 0.25) is 5.02 Å². The molecule has 0 unspecified atom stereocenters. The van der Waals surface area contributed by atoms with E-state index >= 15 is 0 Å². The van der Waals surface area contributed by atoms with Crippen molar-refractivity contribution in [2.24, 2.45) is 5.92 Å². The maximum absolute atomic E-state index is 12.5. The topological polar surface area (TPSA) is 119 Å². The predicted octanol–water partition coefficient (Wildman–Crippen LogP) is 3.26. The molecule has 7 nitrogen and oxygen atoms in total. The Bertz CT molecular complexity index is 1020. The molecule has 1 aliphatic rings. The monoisotopic (exact) mass is 429 g/mol. The average molecular weight is 430 g/mol. The molecule has 0 saturated carbocycles. The lowest BCUT2D eigenvalue weighted by Crippen LogP contribution is -2.39. The second-order valence-corrected chi connectivity index (χ2v) is 7.91. The molecule has 28 heavy (non-hydrogen) atoms. The fraction of sp³-hybridized carbons (Fsp3) is 0.167. The molecule has 0 radical (unpaired) electrons. The SMILES string of the molecule is N#CC1=C(SCC(=O)Nc2nccs2)NC(=O)[C@@H](C#N)[C@@H]1c1ccccc1Cl. The lowest BCUT2D eigenvalue weighted by Gasteiger charge is -2.29. The fourth-order valence-corrected chi connectivity index (χ4v) is 4.37. The van der Waals surface area contributed by atoms with Crippen LogP contribution in [0.15, 0.2) is 46.4 Å². The third-order valence-electron chi connectivity index (χ3n) is 3.93. The molecule has 2 atom stereocenters. The largest absolute Gasteiger partial charge is 0.319 e. The molecular formula is C18H12ClN5O2S2. The highest BCUT2D eigenvalue weighted by Gasteiger charge is 2.40. The highest BCUT2D eigenvalue weighted by atomic mass is 35.5. The Balaban J connectivity index is 1.89. The van der Waals surface area contributed by atoms with Gasteiger partial charge in [-0.25, -0.2) is 4.98 Å². The lowest BCUT2D eigenvalue weighted by atomic mass is 9.79. The lowest BCUT2D eigenvalue weighted by molar-refractivity contribution is -0.123. The van der Waals surface area contributed by atoms with Gasteiger partial charge in [-0.05, 0) is 11.6 Å². The highest BCUT2D eigenvalue weighted by molar-refractivity contribution is 8.03. The number of amides is 2. The summed E-state index contributed by atoms with van der Waals surface area (Å²) in [7, 11) is 0. The summed E-state index contributed by atoms with van der Waals surface area (Å²) in [5.74, 6) is -2.79. The van der Waals surface area contributed by atoms with Crippen LogP contribution in [0, 0.1) is 28.6 Å². The van der Waals surface area contributed by atoms with Crippen molar-refractivity contribution in [1.29, 1.82) is 10.5 Å². The predicted molar refractivity (Wildman–Crippen MR) is 107 cm³/mol. The van der Waals surface area contributed by atoms with Crippen molar-refractivity contribution < 1.29 is 9.59 Å². The van der Waals surface area contributed by atoms with Crippen LogP contribution in [0.5, 0.6) is 0 Å². The summed E-state index contributed by atoms with van der Waals surface area (Å²) in [4.78, 5) is 28.5. The molecule has 140 valence electrons. The first-order valence-corrected chi connectivity index (χ1v) is 10.2. The summed E-state index contributed by atoms with van der Waals surface area (Å²) in [6.45, 7) is 0. The van der Waals surface area contributed by atoms with Crippen LogP contribution >= 0.6 is 34.7 Å². The van der Waals surface area contributed by atoms with E-state index in [0.717, 1.165) is 11.8 Å². The van der Waals surface area contributed by atoms with Crippen molar-refractivity contribution in [2.75, 3.05) is 11.1 Å². The van der Waals surface area contributed by atoms with Gasteiger partial charge in [0, 0.05) is 22.5 Å². The first-order chi connectivity index (χ1) is 13.5. The molecule has 0 saturated heterocycles. The molecule has 3 rings (SSSR count). The van der Waals surface area contributed by atoms with Crippen molar-refractivity contribution in [2.45, 2.75) is 5.92 Å². The van der Waals surface area contributed by atoms with Crippen LogP contribution in [0.4, 0.5) is 5.13 Å². The molecular weight excluding hydrogens is 418 g/mol. The van der Waals surface area contributed by atoms with Crippen molar-refractivity contribution >= 4 is 51.6 Å². The van der Waals surface area contributed by atoms with Gasteiger partial charge >= 0.3 is 0 Å². The van der Waals surface area contributed by atoms with Crippen LogP contribution in [0.3, 0.4) is 0 Å². The van der Waals surface area contributed by atoms with E-state index in [1.54, 1.807) is 35.8 Å². The number of carbonyl (C=O) groups is 2. The number of halogens is 1. The number of allylic oxidation sites excluding steroid dienone is 1. The second-order valence-electron chi connectivity index (χ2n) is 5.62. The van der Waals surface area contributed by atoms with Crippen molar-refractivity contribution in [3.63, 3.8) is 0 Å². The summed E-state index contributed by atoms with van der Waals surface area (Å²) < 4.78 is 0. The van der Waals surface area contributed by atoms with Gasteiger partial charge in [-0.1, -0.05) is 41.6 Å². The smallest absolute Gasteiger partial charge is 0.243 e. The normalized spacial score (nSPS) is 18.8. The summed E-state index contributed by atoms with van der Waals surface area (Å²) in [5, 5.41) is 27.2. The number of carbonyl (C=O) groups excluding carboxylic acids is 2. The molecule has 1 aliphatic heterocycles. The van der Waals surface area contributed by atoms with Gasteiger partial charge in [-0.15, -0.1) is 11.3 Å². The molecule has 0 spiro atoms. The summed E-state index contributed by atoms with van der Waals surface area (Å²) >= 11 is 8.56. The minimum absolute atomic E-state index is 0.0349. The molecule has 2 amide bonds. The Labute approximate surface area is 174 Å². The number of anilines is 1. The third-order valence-corrected chi connectivity index (χ3v) is 5.98. The molecule has 2 N–H and O–H groups in total. The Kier molecular flexibility index (Phi) is 6.32. The van der Waals surface area contributed by atoms with E-state index in [4.69, 9.17) is 11.6 Å². The molecule has 0 bridgehead atoms. The first-order valence-electron chi connectivity index (χ1n) is 7.96. The quantitative estimate of drug-likeness (QED) is 0.752. The number of benzene rings is 1. The first kappa shape index (κ1) is 19.9. The van der Waals surface area contributed by atoms with Gasteiger partial charge in [-0.2, -0.15) is 10.5 Å². The van der Waals surface area contributed by atoms with Crippen molar-refractivity contribution in [1.82, 2.24) is 10.3 Å². The van der Waals surface area contributed by atoms with Crippen LogP contribution < -0.4 is 10.6 Å². The molecule has 1 aromatic carbocycles. The van der Waals surface area contributed by atoms with Crippen molar-refractivity contribution in [3.8, 4) is 12.1 Å². The Morgan fingerprint density at radius 1 is 1.39 bits per heavy atom. The van der Waals surface area contributed by atoms with Gasteiger partial charge in [0.2, 0.25) is 11.8 Å². The van der Waals surface area contributed by atoms with Gasteiger partial charge < -0.3 is 10.6 Å². The van der Waals surface area contributed by atoms with Gasteiger partial charge in [0.25, 0.3) is 0 Å². The zero-order valence-corrected chi connectivity index (χ0v) is 16.6. The van der Waals surface area contributed by atoms with E-state index in [1.807, 2.05) is 6.07 Å². The van der Waals surface area contributed by atoms with E-state index in [9.17, 15) is 20.1 Å². The average Bonchev–Trinajstić information content (AvgIpc) is 3.19. The molecule has 10 heteroatoms. The van der Waals surface area contributed by atoms with Crippen LogP contribution in [-0.4, -0.2) is 22.6 Å². The highest BCUT2D eigenvalue weighted by Crippen LogP contribution is 2.41. The Morgan fingerprint density at radius 3 is 2.82 bits per heavy atom. The van der Waals surface area contributed by atoms with Gasteiger partial charge in [0.1, 0.15) is 5.92 Å². The standard InChI is InChI=1S/C18H12ClN5O2S2/c19-13-4-2-1-3-10(13)15-11(7-20)16(26)24-17(12(15)8-21)28-9-14(25)23-18-22-5-6-27-18/h1-6,11,15H,9H2,(H,24,26)(H,22,23,25)/t11-,15-/m0/s1. The summed E-state index contributed by atoms with van der Waals surface area (Å²) in [6.07, 6.45) is 1.57. The Hall–Kier alpha value is -2.85. The maximum atomic E-state index is 12.5. The molecule has 1 aromatic heterocycles. The molecule has 0 aliphatic carbocycles. The molecule has 0 fully saturated rings. The van der Waals surface area contributed by atoms with E-state index in [1.165, 1.54) is 11.3 Å². The summed E-state index contributed by atoms with van der Waals surface area (Å²) in [6, 6.07) is 10.8. The third kappa shape index (κ3) is 4.18. The Morgan fingerprint density at radius 2 is 2.18 bits per heavy atom. The van der Waals surface area contributed by atoms with Crippen molar-refractivity contribution in [3.05, 3.63) is 57.0 Å². The zero-order valence-electron chi connectivity index (χ0n) is 14.2. The number of thioether (sulfide) groups is 1. The number of aromatic nitrogens is 1. The number of thiazole rings is 1. The minimum atomic E-state index is -1.09. The number of nitriles is 2. The summed E-state index contributed by atoms with van der Waals surface area (Å²) in [5.41, 5.74) is 0.721. The van der Waals surface area contributed by atoms with E-state index in [0.29, 0.717) is 15.7 Å². The van der Waals surface area contributed by atoms with Crippen LogP contribution in [0.25, 0.3) is 0 Å². The fourth-order valence-electron chi connectivity index (χ4n) is 2.72. The number of nitrogens with zero attached hydrogens (tertiary/aromatic N) is 3. The minimum Gasteiger partial charge on any atom is -0.319 e. The van der Waals surface area contributed by atoms with Crippen LogP contribution in [-0.2, 0) is 9.59 Å².